The molecule has 1 aliphatic heterocycles. The molecule has 3 aromatic carbocycles. The van der Waals surface area contributed by atoms with Gasteiger partial charge >= 0.3 is 0 Å². The Hall–Kier alpha value is -5.38. The summed E-state index contributed by atoms with van der Waals surface area (Å²) in [5.41, 5.74) is 21.7. The predicted octanol–water partition coefficient (Wildman–Crippen LogP) is 17.6. The lowest BCUT2D eigenvalue weighted by atomic mass is 9.67. The van der Waals surface area contributed by atoms with Crippen LogP contribution >= 0.6 is 0 Å². The number of nitrogens with zero attached hydrogens (tertiary/aromatic N) is 2. The van der Waals surface area contributed by atoms with Crippen LogP contribution < -0.4 is 4.90 Å². The first-order chi connectivity index (χ1) is 36.9. The van der Waals surface area contributed by atoms with Crippen molar-refractivity contribution in [2.24, 2.45) is 45.8 Å². The van der Waals surface area contributed by atoms with Gasteiger partial charge in [0.05, 0.1) is 6.04 Å². The molecule has 0 saturated heterocycles. The van der Waals surface area contributed by atoms with E-state index in [9.17, 15) is 0 Å². The average Bonchev–Trinajstić information content (AvgIpc) is 4.19. The highest BCUT2D eigenvalue weighted by atomic mass is 16.5. The van der Waals surface area contributed by atoms with E-state index in [1.807, 2.05) is 0 Å². The fourth-order valence-electron chi connectivity index (χ4n) is 17.9. The molecule has 14 rings (SSSR count). The number of aryl methyl sites for hydroxylation is 2. The summed E-state index contributed by atoms with van der Waals surface area (Å²) in [6, 6.07) is 29.5. The van der Waals surface area contributed by atoms with Gasteiger partial charge in [-0.15, -0.1) is 0 Å². The van der Waals surface area contributed by atoms with Gasteiger partial charge in [0.2, 0.25) is 0 Å². The zero-order valence-corrected chi connectivity index (χ0v) is 48.2. The minimum absolute atomic E-state index is 0.0285. The number of benzene rings is 3. The van der Waals surface area contributed by atoms with E-state index in [2.05, 4.69) is 219 Å². The first kappa shape index (κ1) is 49.9. The second-order valence-electron chi connectivity index (χ2n) is 28.9. The number of hydrogen-bond donors (Lipinski definition) is 0. The monoisotopic (exact) mass is 1020 g/mol. The van der Waals surface area contributed by atoms with E-state index in [-0.39, 0.29) is 39.7 Å². The molecule has 3 nitrogen and oxygen atoms in total. The van der Waals surface area contributed by atoms with E-state index in [4.69, 9.17) is 4.74 Å². The Balaban J connectivity index is 0.740. The smallest absolute Gasteiger partial charge is 0.127 e. The largest absolute Gasteiger partial charge is 0.489 e. The van der Waals surface area contributed by atoms with Crippen molar-refractivity contribution < 1.29 is 4.74 Å². The van der Waals surface area contributed by atoms with Crippen LogP contribution in [0, 0.1) is 45.8 Å². The molecule has 1 fully saturated rings. The maximum atomic E-state index is 7.29. The van der Waals surface area contributed by atoms with Gasteiger partial charge in [-0.2, -0.15) is 0 Å². The number of rotatable bonds is 6. The molecule has 1 saturated carbocycles. The van der Waals surface area contributed by atoms with Crippen LogP contribution in [-0.4, -0.2) is 35.2 Å². The van der Waals surface area contributed by atoms with Gasteiger partial charge in [-0.1, -0.05) is 196 Å². The standard InChI is InChI=1S/C74H86N2O/c1-71(2,3)49-22-27-51(28-23-49)75(54-32-35-60-65(42-54)73(7,8)63-37-20-45-15-11-13-17-57(45)69(60)63)53-26-19-47-40-62-59-34-31-56(44-68(59)77-67(62)41-48(47)39-53)76(52-29-24-50(25-30-52)72(4,5)6)55-33-36-61-66(43-55)74(9,10)64-38-21-46-16-12-14-18-58(46)70(61)64/h11-19,22,24-27,29-31,33-35,40-42,49,51,53-54,56,61-62,64,66-67,70H,20-21,23,28,32,36-39,43-44H2,1-10H3. The van der Waals surface area contributed by atoms with Gasteiger partial charge in [-0.05, 0) is 184 Å². The molecule has 3 heteroatoms. The molecule has 11 unspecified atom stereocenters. The van der Waals surface area contributed by atoms with Crippen molar-refractivity contribution in [3.63, 3.8) is 0 Å². The molecule has 3 aromatic rings. The first-order valence-corrected chi connectivity index (χ1v) is 30.5. The zero-order chi connectivity index (χ0) is 52.9. The zero-order valence-electron chi connectivity index (χ0n) is 48.2. The van der Waals surface area contributed by atoms with Crippen molar-refractivity contribution in [1.29, 1.82) is 0 Å². The molecule has 0 spiro atoms. The summed E-state index contributed by atoms with van der Waals surface area (Å²) in [6.07, 6.45) is 41.1. The van der Waals surface area contributed by atoms with E-state index in [0.717, 1.165) is 50.9 Å². The average molecular weight is 1020 g/mol. The van der Waals surface area contributed by atoms with Crippen molar-refractivity contribution in [2.75, 3.05) is 4.90 Å². The van der Waals surface area contributed by atoms with E-state index in [0.29, 0.717) is 41.8 Å². The van der Waals surface area contributed by atoms with Gasteiger partial charge in [-0.25, -0.2) is 0 Å². The number of ether oxygens (including phenoxy) is 1. The highest BCUT2D eigenvalue weighted by molar-refractivity contribution is 5.94. The molecule has 0 N–H and O–H groups in total. The Morgan fingerprint density at radius 3 is 2.19 bits per heavy atom. The van der Waals surface area contributed by atoms with Gasteiger partial charge in [0, 0.05) is 52.8 Å². The number of hydrogen-bond acceptors (Lipinski definition) is 3. The molecule has 10 aliphatic carbocycles. The van der Waals surface area contributed by atoms with Crippen LogP contribution in [0.15, 0.2) is 185 Å². The Labute approximate surface area is 463 Å². The van der Waals surface area contributed by atoms with Crippen LogP contribution in [0.3, 0.4) is 0 Å². The van der Waals surface area contributed by atoms with Gasteiger partial charge < -0.3 is 9.64 Å². The van der Waals surface area contributed by atoms with Crippen molar-refractivity contribution in [3.05, 3.63) is 212 Å². The maximum absolute atomic E-state index is 7.29. The van der Waals surface area contributed by atoms with Crippen molar-refractivity contribution in [3.8, 4) is 0 Å². The van der Waals surface area contributed by atoms with Crippen molar-refractivity contribution >= 4 is 11.3 Å². The van der Waals surface area contributed by atoms with Gasteiger partial charge in [0.1, 0.15) is 11.9 Å². The SMILES string of the molecule is CC1(C)C2=CC(N(C3C=CC(C(C)(C)C)CC3)C3C=CC4=CC5C6=C(CC(N(C7=CCC8C9c%10ccccc%10CCC9C(C)(C)C8C7)c7ccc(C(C)(C)C)cc7)C=C6)OC5C=C4C3)CC=C2C2=C1CCc1ccccc12. The van der Waals surface area contributed by atoms with E-state index >= 15 is 0 Å². The molecule has 1 heterocycles. The molecule has 11 aliphatic rings. The molecule has 0 radical (unpaired) electrons. The minimum atomic E-state index is 0.0285. The third-order valence-corrected chi connectivity index (χ3v) is 22.1. The topological polar surface area (TPSA) is 15.7 Å². The van der Waals surface area contributed by atoms with Crippen molar-refractivity contribution in [2.45, 2.75) is 181 Å². The molecular formula is C74H86N2O. The van der Waals surface area contributed by atoms with Crippen LogP contribution in [0.4, 0.5) is 5.69 Å². The van der Waals surface area contributed by atoms with Crippen LogP contribution in [-0.2, 0) is 23.0 Å². The van der Waals surface area contributed by atoms with Gasteiger partial charge in [0.25, 0.3) is 0 Å². The molecule has 398 valence electrons. The van der Waals surface area contributed by atoms with E-state index in [1.54, 1.807) is 27.8 Å². The van der Waals surface area contributed by atoms with Crippen LogP contribution in [0.25, 0.3) is 5.57 Å². The van der Waals surface area contributed by atoms with Crippen LogP contribution in [0.1, 0.15) is 161 Å². The normalized spacial score (nSPS) is 32.9. The van der Waals surface area contributed by atoms with Gasteiger partial charge in [0.15, 0.2) is 0 Å². The summed E-state index contributed by atoms with van der Waals surface area (Å²) in [7, 11) is 0. The summed E-state index contributed by atoms with van der Waals surface area (Å²) in [5.74, 6) is 4.79. The number of anilines is 1. The summed E-state index contributed by atoms with van der Waals surface area (Å²) in [4.78, 5) is 5.70. The maximum Gasteiger partial charge on any atom is 0.127 e. The first-order valence-electron chi connectivity index (χ1n) is 30.5. The summed E-state index contributed by atoms with van der Waals surface area (Å²) in [5, 5.41) is 0. The Morgan fingerprint density at radius 1 is 0.636 bits per heavy atom. The lowest BCUT2D eigenvalue weighted by Gasteiger charge is -2.46. The van der Waals surface area contributed by atoms with Crippen LogP contribution in [0.5, 0.6) is 0 Å². The minimum Gasteiger partial charge on any atom is -0.489 e. The summed E-state index contributed by atoms with van der Waals surface area (Å²) in [6.45, 7) is 24.6. The summed E-state index contributed by atoms with van der Waals surface area (Å²) < 4.78 is 7.29. The predicted molar refractivity (Wildman–Crippen MR) is 320 cm³/mol. The number of fused-ring (bicyclic) bond motifs is 12. The fourth-order valence-corrected chi connectivity index (χ4v) is 17.9. The Morgan fingerprint density at radius 2 is 1.42 bits per heavy atom. The Bertz CT molecular complexity index is 3240. The molecule has 0 aromatic heterocycles. The summed E-state index contributed by atoms with van der Waals surface area (Å²) >= 11 is 0. The second kappa shape index (κ2) is 18.1. The fraction of sp³-hybridized carbons (Fsp3) is 0.486. The highest BCUT2D eigenvalue weighted by Crippen LogP contribution is 2.66. The Kier molecular flexibility index (Phi) is 11.7. The molecule has 0 bridgehead atoms. The third kappa shape index (κ3) is 8.10. The lowest BCUT2D eigenvalue weighted by molar-refractivity contribution is 0.122. The molecule has 0 amide bonds. The molecular weight excluding hydrogens is 933 g/mol. The highest BCUT2D eigenvalue weighted by Gasteiger charge is 2.57. The quantitative estimate of drug-likeness (QED) is 0.229. The van der Waals surface area contributed by atoms with E-state index in [1.165, 1.54) is 81.8 Å². The number of allylic oxidation sites excluding steroid dienone is 10. The third-order valence-electron chi connectivity index (χ3n) is 22.1. The van der Waals surface area contributed by atoms with E-state index < -0.39 is 0 Å². The molecule has 77 heavy (non-hydrogen) atoms. The van der Waals surface area contributed by atoms with Gasteiger partial charge in [-0.3, -0.25) is 4.90 Å². The van der Waals surface area contributed by atoms with Crippen molar-refractivity contribution in [1.82, 2.24) is 4.90 Å². The second-order valence-corrected chi connectivity index (χ2v) is 28.9. The van der Waals surface area contributed by atoms with Crippen LogP contribution in [0.2, 0.25) is 0 Å². The lowest BCUT2D eigenvalue weighted by Crippen LogP contribution is -2.50. The molecule has 11 atom stereocenters.